The van der Waals surface area contributed by atoms with E-state index in [0.717, 1.165) is 5.75 Å². The molecule has 0 spiro atoms. The number of benzene rings is 5. The van der Waals surface area contributed by atoms with E-state index in [0.29, 0.717) is 5.75 Å². The molecule has 69 heavy (non-hydrogen) atoms. The van der Waals surface area contributed by atoms with E-state index >= 15 is 0 Å². The number of alkyl halides is 24. The molecule has 0 aliphatic carbocycles. The summed E-state index contributed by atoms with van der Waals surface area (Å²) in [5.74, 6) is 1.48. The summed E-state index contributed by atoms with van der Waals surface area (Å²) in [5.41, 5.74) is -29.0. The molecule has 0 bridgehead atoms. The minimum atomic E-state index is -6.13. The topological polar surface area (TPSA) is 17.1 Å². The van der Waals surface area contributed by atoms with Crippen LogP contribution in [0.25, 0.3) is 0 Å². The normalized spacial score (nSPS) is 14.5. The second-order valence-corrected chi connectivity index (χ2v) is 18.6. The molecule has 5 aromatic carbocycles. The maximum Gasteiger partial charge on any atom is 0.416 e. The molecule has 5 aromatic rings. The summed E-state index contributed by atoms with van der Waals surface area (Å²) in [6.45, 7) is 1.98. The first-order valence-electron chi connectivity index (χ1n) is 18.7. The monoisotopic (exact) mass is 1050 g/mol. The lowest BCUT2D eigenvalue weighted by molar-refractivity contribution is -0.144. The Bertz CT molecular complexity index is 2230. The molecule has 0 N–H and O–H groups in total. The second kappa shape index (κ2) is 18.8. The van der Waals surface area contributed by atoms with Gasteiger partial charge in [0.05, 0.1) is 54.4 Å². The van der Waals surface area contributed by atoms with E-state index in [4.69, 9.17) is 0 Å². The average molecular weight is 1050 g/mol. The van der Waals surface area contributed by atoms with Crippen molar-refractivity contribution in [2.75, 3.05) is 12.0 Å². The number of halogens is 24. The fraction of sp³-hybridized carbons (Fsp3) is 0.286. The highest BCUT2D eigenvalue weighted by Crippen LogP contribution is 2.41. The van der Waals surface area contributed by atoms with Crippen LogP contribution < -0.4 is 21.9 Å². The first kappa shape index (κ1) is 56.2. The zero-order valence-corrected chi connectivity index (χ0v) is 35.0. The molecule has 1 unspecified atom stereocenters. The van der Waals surface area contributed by atoms with Crippen LogP contribution in [0.15, 0.2) is 103 Å². The van der Waals surface area contributed by atoms with Crippen LogP contribution in [0.4, 0.5) is 105 Å². The molecule has 0 fully saturated rings. The summed E-state index contributed by atoms with van der Waals surface area (Å²) >= 11 is 0. The molecule has 1 atom stereocenters. The van der Waals surface area contributed by atoms with Gasteiger partial charge in [0.15, 0.2) is 0 Å². The van der Waals surface area contributed by atoms with Gasteiger partial charge in [-0.25, -0.2) is 0 Å². The predicted molar refractivity (Wildman–Crippen MR) is 205 cm³/mol. The zero-order chi connectivity index (χ0) is 52.9. The summed E-state index contributed by atoms with van der Waals surface area (Å²) in [4.78, 5) is 0. The average Bonchev–Trinajstić information content (AvgIpc) is 3.18. The maximum atomic E-state index is 14.2. The Labute approximate surface area is 374 Å². The lowest BCUT2D eigenvalue weighted by Gasteiger charge is -2.46. The van der Waals surface area contributed by atoms with Crippen LogP contribution in [0.5, 0.6) is 0 Å². The Balaban J connectivity index is 0.000000750. The van der Waals surface area contributed by atoms with Gasteiger partial charge in [-0.1, -0.05) is 78.9 Å². The molecule has 0 heterocycles. The molecule has 0 saturated heterocycles. The van der Waals surface area contributed by atoms with Crippen molar-refractivity contribution in [1.29, 1.82) is 0 Å². The minimum Gasteiger partial charge on any atom is -0.194 e. The van der Waals surface area contributed by atoms with Gasteiger partial charge in [-0.2, -0.15) is 127 Å². The zero-order valence-electron chi connectivity index (χ0n) is 34.2. The summed E-state index contributed by atoms with van der Waals surface area (Å²) in [5, 5.41) is 0. The van der Waals surface area contributed by atoms with Gasteiger partial charge in [0.25, 0.3) is 0 Å². The molecule has 0 radical (unpaired) electrons. The molecule has 0 saturated carbocycles. The van der Waals surface area contributed by atoms with Gasteiger partial charge < -0.3 is 0 Å². The Morgan fingerprint density at radius 2 is 0.536 bits per heavy atom. The third-order valence-corrected chi connectivity index (χ3v) is 12.5. The third-order valence-electron chi connectivity index (χ3n) is 10.4. The fourth-order valence-corrected chi connectivity index (χ4v) is 8.20. The van der Waals surface area contributed by atoms with E-state index in [1.165, 1.54) is 5.56 Å². The molecule has 0 aliphatic heterocycles. The molecule has 378 valence electrons. The Morgan fingerprint density at radius 3 is 0.696 bits per heavy atom. The Kier molecular flexibility index (Phi) is 15.3. The van der Waals surface area contributed by atoms with Gasteiger partial charge in [0.1, 0.15) is 23.9 Å². The van der Waals surface area contributed by atoms with E-state index in [1.54, 1.807) is 0 Å². The summed E-state index contributed by atoms with van der Waals surface area (Å²) in [6, 6.07) is 1.20. The third kappa shape index (κ3) is 13.5. The van der Waals surface area contributed by atoms with Crippen molar-refractivity contribution in [3.63, 3.8) is 0 Å². The first-order chi connectivity index (χ1) is 30.9. The van der Waals surface area contributed by atoms with Crippen molar-refractivity contribution in [2.45, 2.75) is 62.1 Å². The van der Waals surface area contributed by atoms with E-state index < -0.39 is 205 Å². The molecule has 5 rings (SSSR count). The van der Waals surface area contributed by atoms with E-state index in [-0.39, 0.29) is 0 Å². The first-order valence-corrected chi connectivity index (χ1v) is 21.0. The molecule has 1 nitrogen and oxygen atoms in total. The summed E-state index contributed by atoms with van der Waals surface area (Å²) in [6.07, 6.45) is -53.0. The number of hydrogen-bond donors (Lipinski definition) is 0. The van der Waals surface area contributed by atoms with Gasteiger partial charge in [0.2, 0.25) is 0 Å². The Hall–Kier alpha value is -5.37. The standard InChI is InChI=1S/C32H12BF24.C10H15OS/c34-25(35,36)13-1-14(26(37,38)39)6-21(5-13)33(22-7-15(27(40,41)42)2-16(8-22)28(43,44)45,23-9-17(29(46,47)48)3-18(10-23)30(49,50)51)24-11-19(31(52,53)54)4-20(12-24)32(55,56)57;1-3-12(2,11)9-10-7-5-4-6-8-10/h1-12H;4-8H,3,9H2,1-2H3/q-1;+1. The molecule has 0 aliphatic rings. The number of hydrogen-bond acceptors (Lipinski definition) is 1. The van der Waals surface area contributed by atoms with Crippen LogP contribution >= 0.6 is 0 Å². The van der Waals surface area contributed by atoms with Crippen molar-refractivity contribution in [1.82, 2.24) is 0 Å². The van der Waals surface area contributed by atoms with E-state index in [1.807, 2.05) is 43.5 Å². The fourth-order valence-electron chi connectivity index (χ4n) is 7.10. The quantitative estimate of drug-likeness (QED) is 0.0902. The van der Waals surface area contributed by atoms with Gasteiger partial charge >= 0.3 is 49.4 Å². The molecule has 27 heteroatoms. The highest BCUT2D eigenvalue weighted by molar-refractivity contribution is 8.01. The summed E-state index contributed by atoms with van der Waals surface area (Å²) < 4.78 is 353. The van der Waals surface area contributed by atoms with Crippen LogP contribution in [-0.2, 0) is 69.3 Å². The van der Waals surface area contributed by atoms with Gasteiger partial charge in [0, 0.05) is 5.56 Å². The highest BCUT2D eigenvalue weighted by atomic mass is 32.2. The summed E-state index contributed by atoms with van der Waals surface area (Å²) in [7, 11) is -1.62. The van der Waals surface area contributed by atoms with Crippen molar-refractivity contribution in [3.8, 4) is 0 Å². The van der Waals surface area contributed by atoms with Crippen LogP contribution in [0.3, 0.4) is 0 Å². The second-order valence-electron chi connectivity index (χ2n) is 15.3. The smallest absolute Gasteiger partial charge is 0.194 e. The number of rotatable bonds is 7. The van der Waals surface area contributed by atoms with E-state index in [2.05, 4.69) is 0 Å². The predicted octanol–water partition coefficient (Wildman–Crippen LogP) is 13.6. The molecular formula is C42H27BF24OS. The van der Waals surface area contributed by atoms with E-state index in [9.17, 15) is 110 Å². The van der Waals surface area contributed by atoms with Crippen molar-refractivity contribution in [3.05, 3.63) is 153 Å². The van der Waals surface area contributed by atoms with Crippen molar-refractivity contribution in [2.24, 2.45) is 0 Å². The van der Waals surface area contributed by atoms with Gasteiger partial charge in [-0.3, -0.25) is 0 Å². The molecule has 0 aromatic heterocycles. The van der Waals surface area contributed by atoms with Crippen molar-refractivity contribution < 1.29 is 110 Å². The van der Waals surface area contributed by atoms with Crippen LogP contribution in [0.2, 0.25) is 0 Å². The van der Waals surface area contributed by atoms with Crippen LogP contribution in [0, 0.1) is 0 Å². The van der Waals surface area contributed by atoms with Gasteiger partial charge in [-0.05, 0) is 31.2 Å². The van der Waals surface area contributed by atoms with Gasteiger partial charge in [-0.15, -0.1) is 4.21 Å². The Morgan fingerprint density at radius 1 is 0.348 bits per heavy atom. The SMILES string of the molecule is CC[S+](C)(=O)Cc1ccccc1.FC(F)(F)c1cc([B-](c2cc(C(F)(F)F)cc(C(F)(F)F)c2)(c2cc(C(F)(F)F)cc(C(F)(F)F)c2)c2cc(C(F)(F)F)cc(C(F)(F)F)c2)cc(C(F)(F)F)c1. The largest absolute Gasteiger partial charge is 0.416 e. The van der Waals surface area contributed by atoms with Crippen LogP contribution in [0.1, 0.15) is 57.0 Å². The molecular weight excluding hydrogens is 1020 g/mol. The van der Waals surface area contributed by atoms with Crippen molar-refractivity contribution >= 4 is 37.9 Å². The minimum absolute atomic E-state index is 0.691. The lowest BCUT2D eigenvalue weighted by Crippen LogP contribution is -2.75. The maximum absolute atomic E-state index is 14.2. The highest BCUT2D eigenvalue weighted by Gasteiger charge is 2.47. The molecule has 0 amide bonds. The van der Waals surface area contributed by atoms with Crippen LogP contribution in [-0.4, -0.2) is 18.2 Å². The lowest BCUT2D eigenvalue weighted by atomic mass is 9.12.